The molecule has 1 saturated heterocycles. The molecular formula is C26H35N3O2. The SMILES string of the molecule is COc1ccccc1CN1CCC([C@@H](NC(=O)CC2CCCC2)c2ccccn2)CC1. The molecule has 1 N–H and O–H groups in total. The molecule has 1 aliphatic heterocycles. The molecule has 4 rings (SSSR count). The number of benzene rings is 1. The highest BCUT2D eigenvalue weighted by Crippen LogP contribution is 2.32. The zero-order valence-corrected chi connectivity index (χ0v) is 18.6. The number of aromatic nitrogens is 1. The van der Waals surface area contributed by atoms with Crippen LogP contribution in [0.4, 0.5) is 0 Å². The second kappa shape index (κ2) is 10.8. The normalized spacial score (nSPS) is 19.3. The van der Waals surface area contributed by atoms with Crippen LogP contribution in [0.15, 0.2) is 48.7 Å². The van der Waals surface area contributed by atoms with E-state index in [-0.39, 0.29) is 11.9 Å². The molecule has 2 aromatic rings. The summed E-state index contributed by atoms with van der Waals surface area (Å²) in [4.78, 5) is 19.9. The lowest BCUT2D eigenvalue weighted by molar-refractivity contribution is -0.123. The van der Waals surface area contributed by atoms with Gasteiger partial charge in [0.15, 0.2) is 0 Å². The van der Waals surface area contributed by atoms with Crippen molar-refractivity contribution in [1.29, 1.82) is 0 Å². The minimum atomic E-state index is 0.00325. The molecule has 1 atom stereocenters. The van der Waals surface area contributed by atoms with Crippen molar-refractivity contribution in [3.63, 3.8) is 0 Å². The van der Waals surface area contributed by atoms with E-state index in [4.69, 9.17) is 4.74 Å². The van der Waals surface area contributed by atoms with E-state index in [1.54, 1.807) is 7.11 Å². The fourth-order valence-electron chi connectivity index (χ4n) is 5.22. The standard InChI is InChI=1S/C26H35N3O2/c1-31-24-12-5-4-10-22(24)19-29-16-13-21(14-17-29)26(23-11-6-7-15-27-23)28-25(30)18-20-8-2-3-9-20/h4-7,10-12,15,20-21,26H,2-3,8-9,13-14,16-19H2,1H3,(H,28,30)/t26-/m1/s1. The highest BCUT2D eigenvalue weighted by atomic mass is 16.5. The quantitative estimate of drug-likeness (QED) is 0.669. The molecular weight excluding hydrogens is 386 g/mol. The van der Waals surface area contributed by atoms with Crippen LogP contribution in [-0.4, -0.2) is 36.0 Å². The van der Waals surface area contributed by atoms with Gasteiger partial charge >= 0.3 is 0 Å². The van der Waals surface area contributed by atoms with Gasteiger partial charge in [0.05, 0.1) is 18.8 Å². The van der Waals surface area contributed by atoms with Gasteiger partial charge < -0.3 is 10.1 Å². The van der Waals surface area contributed by atoms with Gasteiger partial charge in [0.1, 0.15) is 5.75 Å². The largest absolute Gasteiger partial charge is 0.496 e. The van der Waals surface area contributed by atoms with Crippen molar-refractivity contribution in [1.82, 2.24) is 15.2 Å². The Bertz CT molecular complexity index is 828. The first-order valence-electron chi connectivity index (χ1n) is 11.8. The molecule has 31 heavy (non-hydrogen) atoms. The monoisotopic (exact) mass is 421 g/mol. The number of likely N-dealkylation sites (tertiary alicyclic amines) is 1. The van der Waals surface area contributed by atoms with Crippen LogP contribution in [-0.2, 0) is 11.3 Å². The Kier molecular flexibility index (Phi) is 7.57. The fraction of sp³-hybridized carbons (Fsp3) is 0.538. The summed E-state index contributed by atoms with van der Waals surface area (Å²) in [7, 11) is 1.73. The van der Waals surface area contributed by atoms with Crippen LogP contribution in [0.1, 0.15) is 62.2 Å². The number of pyridine rings is 1. The predicted molar refractivity (Wildman–Crippen MR) is 123 cm³/mol. The second-order valence-corrected chi connectivity index (χ2v) is 9.08. The van der Waals surface area contributed by atoms with Gasteiger partial charge in [-0.25, -0.2) is 0 Å². The van der Waals surface area contributed by atoms with E-state index in [0.717, 1.165) is 43.9 Å². The summed E-state index contributed by atoms with van der Waals surface area (Å²) >= 11 is 0. The summed E-state index contributed by atoms with van der Waals surface area (Å²) in [6, 6.07) is 14.3. The minimum absolute atomic E-state index is 0.00325. The molecule has 1 amide bonds. The first-order chi connectivity index (χ1) is 15.2. The molecule has 1 aromatic carbocycles. The van der Waals surface area contributed by atoms with Gasteiger partial charge in [-0.2, -0.15) is 0 Å². The van der Waals surface area contributed by atoms with Crippen molar-refractivity contribution < 1.29 is 9.53 Å². The van der Waals surface area contributed by atoms with E-state index in [0.29, 0.717) is 18.3 Å². The molecule has 2 heterocycles. The van der Waals surface area contributed by atoms with Crippen molar-refractivity contribution in [2.45, 2.75) is 57.5 Å². The number of hydrogen-bond donors (Lipinski definition) is 1. The maximum Gasteiger partial charge on any atom is 0.220 e. The van der Waals surface area contributed by atoms with Crippen molar-refractivity contribution in [3.05, 3.63) is 59.9 Å². The van der Waals surface area contributed by atoms with Gasteiger partial charge in [-0.05, 0) is 68.8 Å². The number of nitrogens with one attached hydrogen (secondary N) is 1. The zero-order valence-electron chi connectivity index (χ0n) is 18.6. The smallest absolute Gasteiger partial charge is 0.220 e. The van der Waals surface area contributed by atoms with E-state index in [1.807, 2.05) is 30.5 Å². The number of para-hydroxylation sites is 1. The fourth-order valence-corrected chi connectivity index (χ4v) is 5.22. The zero-order chi connectivity index (χ0) is 21.5. The van der Waals surface area contributed by atoms with Crippen LogP contribution in [0, 0.1) is 11.8 Å². The van der Waals surface area contributed by atoms with E-state index < -0.39 is 0 Å². The van der Waals surface area contributed by atoms with Gasteiger partial charge in [0, 0.05) is 24.7 Å². The number of hydrogen-bond acceptors (Lipinski definition) is 4. The van der Waals surface area contributed by atoms with Gasteiger partial charge in [-0.1, -0.05) is 37.1 Å². The summed E-state index contributed by atoms with van der Waals surface area (Å²) in [6.07, 6.45) is 9.54. The summed E-state index contributed by atoms with van der Waals surface area (Å²) < 4.78 is 5.52. The lowest BCUT2D eigenvalue weighted by Gasteiger charge is -2.36. The van der Waals surface area contributed by atoms with Crippen LogP contribution < -0.4 is 10.1 Å². The number of carbonyl (C=O) groups excluding carboxylic acids is 1. The maximum atomic E-state index is 12.8. The highest BCUT2D eigenvalue weighted by Gasteiger charge is 2.30. The third-order valence-corrected chi connectivity index (χ3v) is 6.96. The first kappa shape index (κ1) is 21.8. The van der Waals surface area contributed by atoms with E-state index in [9.17, 15) is 4.79 Å². The number of ether oxygens (including phenoxy) is 1. The molecule has 5 nitrogen and oxygen atoms in total. The molecule has 1 aliphatic carbocycles. The number of amides is 1. The van der Waals surface area contributed by atoms with Crippen LogP contribution in [0.5, 0.6) is 5.75 Å². The number of rotatable bonds is 8. The van der Waals surface area contributed by atoms with Crippen molar-refractivity contribution in [3.8, 4) is 5.75 Å². The first-order valence-corrected chi connectivity index (χ1v) is 11.8. The lowest BCUT2D eigenvalue weighted by Crippen LogP contribution is -2.41. The van der Waals surface area contributed by atoms with Gasteiger partial charge in [0.25, 0.3) is 0 Å². The van der Waals surface area contributed by atoms with Crippen LogP contribution in [0.2, 0.25) is 0 Å². The van der Waals surface area contributed by atoms with Crippen LogP contribution in [0.25, 0.3) is 0 Å². The third-order valence-electron chi connectivity index (χ3n) is 6.96. The van der Waals surface area contributed by atoms with E-state index in [2.05, 4.69) is 33.4 Å². The maximum absolute atomic E-state index is 12.8. The Labute approximate surface area is 186 Å². The van der Waals surface area contributed by atoms with Crippen molar-refractivity contribution in [2.75, 3.05) is 20.2 Å². The lowest BCUT2D eigenvalue weighted by atomic mass is 9.86. The van der Waals surface area contributed by atoms with E-state index in [1.165, 1.54) is 31.2 Å². The number of carbonyl (C=O) groups is 1. The van der Waals surface area contributed by atoms with Gasteiger partial charge in [-0.3, -0.25) is 14.7 Å². The van der Waals surface area contributed by atoms with Crippen LogP contribution in [0.3, 0.4) is 0 Å². The van der Waals surface area contributed by atoms with Crippen molar-refractivity contribution in [2.24, 2.45) is 11.8 Å². The molecule has 2 fully saturated rings. The molecule has 0 bridgehead atoms. The number of methoxy groups -OCH3 is 1. The molecule has 0 radical (unpaired) electrons. The molecule has 1 saturated carbocycles. The molecule has 0 spiro atoms. The average molecular weight is 422 g/mol. The summed E-state index contributed by atoms with van der Waals surface area (Å²) in [5, 5.41) is 3.37. The Balaban J connectivity index is 1.38. The van der Waals surface area contributed by atoms with E-state index >= 15 is 0 Å². The Hall–Kier alpha value is -2.40. The topological polar surface area (TPSA) is 54.5 Å². The third kappa shape index (κ3) is 5.85. The van der Waals surface area contributed by atoms with Crippen molar-refractivity contribution >= 4 is 5.91 Å². The molecule has 1 aromatic heterocycles. The van der Waals surface area contributed by atoms with Gasteiger partial charge in [0.2, 0.25) is 5.91 Å². The summed E-state index contributed by atoms with van der Waals surface area (Å²) in [6.45, 7) is 2.94. The Morgan fingerprint density at radius 2 is 1.84 bits per heavy atom. The summed E-state index contributed by atoms with van der Waals surface area (Å²) in [5.41, 5.74) is 2.22. The highest BCUT2D eigenvalue weighted by molar-refractivity contribution is 5.76. The molecule has 166 valence electrons. The average Bonchev–Trinajstić information content (AvgIpc) is 3.32. The predicted octanol–water partition coefficient (Wildman–Crippen LogP) is 4.74. The second-order valence-electron chi connectivity index (χ2n) is 9.08. The Morgan fingerprint density at radius 1 is 1.10 bits per heavy atom. The number of piperidine rings is 1. The molecule has 0 unspecified atom stereocenters. The minimum Gasteiger partial charge on any atom is -0.496 e. The number of nitrogens with zero attached hydrogens (tertiary/aromatic N) is 2. The molecule has 5 heteroatoms. The van der Waals surface area contributed by atoms with Gasteiger partial charge in [-0.15, -0.1) is 0 Å². The van der Waals surface area contributed by atoms with Crippen LogP contribution >= 0.6 is 0 Å². The molecule has 2 aliphatic rings. The Morgan fingerprint density at radius 3 is 2.55 bits per heavy atom. The summed E-state index contributed by atoms with van der Waals surface area (Å²) in [5.74, 6) is 2.12.